The van der Waals surface area contributed by atoms with Gasteiger partial charge in [-0.25, -0.2) is 9.37 Å². The van der Waals surface area contributed by atoms with E-state index in [0.29, 0.717) is 12.5 Å². The van der Waals surface area contributed by atoms with E-state index in [1.54, 1.807) is 6.20 Å². The van der Waals surface area contributed by atoms with Gasteiger partial charge in [0, 0.05) is 32.3 Å². The number of rotatable bonds is 8. The largest absolute Gasteiger partial charge is 0.367 e. The summed E-state index contributed by atoms with van der Waals surface area (Å²) in [6, 6.07) is 18.9. The topological polar surface area (TPSA) is 58.9 Å². The predicted octanol–water partition coefficient (Wildman–Crippen LogP) is 5.65. The summed E-state index contributed by atoms with van der Waals surface area (Å²) in [7, 11) is 0. The van der Waals surface area contributed by atoms with Crippen molar-refractivity contribution < 1.29 is 4.39 Å². The highest BCUT2D eigenvalue weighted by Gasteiger charge is 2.22. The fourth-order valence-corrected chi connectivity index (χ4v) is 4.64. The number of imidazole rings is 1. The number of nitrogens with one attached hydrogen (secondary N) is 1. The van der Waals surface area contributed by atoms with E-state index < -0.39 is 0 Å². The van der Waals surface area contributed by atoms with Crippen LogP contribution in [-0.4, -0.2) is 50.8 Å². The lowest BCUT2D eigenvalue weighted by Gasteiger charge is -2.32. The first-order valence-corrected chi connectivity index (χ1v) is 11.7. The number of fused-ring (bicyclic) bond motifs is 1. The van der Waals surface area contributed by atoms with Gasteiger partial charge in [0.05, 0.1) is 11.0 Å². The van der Waals surface area contributed by atoms with Crippen molar-refractivity contribution in [1.82, 2.24) is 24.6 Å². The van der Waals surface area contributed by atoms with Gasteiger partial charge in [0.15, 0.2) is 0 Å². The van der Waals surface area contributed by atoms with Crippen molar-refractivity contribution in [3.63, 3.8) is 0 Å². The molecule has 1 fully saturated rings. The van der Waals surface area contributed by atoms with Gasteiger partial charge in [0.25, 0.3) is 0 Å². The van der Waals surface area contributed by atoms with Crippen LogP contribution in [0.25, 0.3) is 11.0 Å². The molecule has 2 aromatic carbocycles. The number of benzene rings is 2. The highest BCUT2D eigenvalue weighted by Crippen LogP contribution is 2.25. The maximum absolute atomic E-state index is 13.4. The van der Waals surface area contributed by atoms with Crippen molar-refractivity contribution in [2.24, 2.45) is 5.92 Å². The Morgan fingerprint density at radius 1 is 0.917 bits per heavy atom. The van der Waals surface area contributed by atoms with Crippen molar-refractivity contribution in [3.8, 4) is 0 Å². The number of nitrogens with zero attached hydrogens (tertiary/aromatic N) is 5. The van der Waals surface area contributed by atoms with Gasteiger partial charge in [-0.3, -0.25) is 0 Å². The molecule has 6 nitrogen and oxygen atoms in total. The number of piperidine rings is 1. The van der Waals surface area contributed by atoms with Crippen LogP contribution in [0.2, 0.25) is 0 Å². The van der Waals surface area contributed by atoms with Crippen LogP contribution in [0, 0.1) is 11.7 Å². The van der Waals surface area contributed by atoms with E-state index in [9.17, 15) is 4.39 Å². The third kappa shape index (κ3) is 7.53. The lowest BCUT2D eigenvalue weighted by Crippen LogP contribution is -2.37. The lowest BCUT2D eigenvalue weighted by molar-refractivity contribution is 0.188. The maximum Gasteiger partial charge on any atom is 0.148 e. The van der Waals surface area contributed by atoms with Crippen LogP contribution in [0.5, 0.6) is 0 Å². The van der Waals surface area contributed by atoms with Gasteiger partial charge in [-0.05, 0) is 73.8 Å². The number of anilines is 1. The molecule has 0 unspecified atom stereocenters. The van der Waals surface area contributed by atoms with Crippen LogP contribution in [0.15, 0.2) is 66.9 Å². The van der Waals surface area contributed by atoms with Crippen LogP contribution in [0.3, 0.4) is 0 Å². The van der Waals surface area contributed by atoms with Gasteiger partial charge in [-0.1, -0.05) is 24.3 Å². The van der Waals surface area contributed by atoms with Crippen LogP contribution < -0.4 is 5.32 Å². The van der Waals surface area contributed by atoms with Crippen molar-refractivity contribution in [2.45, 2.75) is 25.8 Å². The minimum absolute atomic E-state index is 0. The summed E-state index contributed by atoms with van der Waals surface area (Å²) < 4.78 is 15.7. The monoisotopic (exact) mass is 552 g/mol. The minimum atomic E-state index is -0.201. The Hall–Kier alpha value is -2.45. The van der Waals surface area contributed by atoms with Crippen molar-refractivity contribution >= 4 is 54.1 Å². The number of likely N-dealkylation sites (tertiary alicyclic amines) is 1. The fraction of sp³-hybridized carbons (Fsp3) is 0.346. The molecule has 0 spiro atoms. The second-order valence-corrected chi connectivity index (χ2v) is 8.75. The second-order valence-electron chi connectivity index (χ2n) is 8.75. The number of aromatic nitrogens is 4. The van der Waals surface area contributed by atoms with E-state index in [-0.39, 0.29) is 43.0 Å². The molecule has 1 aliphatic heterocycles. The number of hydrogen-bond donors (Lipinski definition) is 1. The van der Waals surface area contributed by atoms with Gasteiger partial charge in [0.2, 0.25) is 0 Å². The van der Waals surface area contributed by atoms with Crippen LogP contribution in [0.1, 0.15) is 24.2 Å². The van der Waals surface area contributed by atoms with E-state index in [4.69, 9.17) is 4.98 Å². The molecule has 194 valence electrons. The molecule has 5 rings (SSSR count). The van der Waals surface area contributed by atoms with E-state index in [1.807, 2.05) is 30.3 Å². The molecule has 10 heteroatoms. The first-order valence-electron chi connectivity index (χ1n) is 11.7. The Bertz CT molecular complexity index is 1180. The molecule has 1 aliphatic rings. The van der Waals surface area contributed by atoms with E-state index in [1.165, 1.54) is 25.0 Å². The molecule has 0 atom stereocenters. The fourth-order valence-electron chi connectivity index (χ4n) is 4.64. The summed E-state index contributed by atoms with van der Waals surface area (Å²) in [4.78, 5) is 7.49. The molecular weight excluding hydrogens is 522 g/mol. The predicted molar refractivity (Wildman–Crippen MR) is 150 cm³/mol. The summed E-state index contributed by atoms with van der Waals surface area (Å²) >= 11 is 0. The molecule has 0 aliphatic carbocycles. The van der Waals surface area contributed by atoms with Crippen molar-refractivity contribution in [1.29, 1.82) is 0 Å². The highest BCUT2D eigenvalue weighted by molar-refractivity contribution is 5.86. The Balaban J connectivity index is 0.00000152. The van der Waals surface area contributed by atoms with Gasteiger partial charge in [-0.15, -0.1) is 42.3 Å². The molecule has 3 heterocycles. The highest BCUT2D eigenvalue weighted by atomic mass is 35.5. The number of hydrogen-bond acceptors (Lipinski definition) is 5. The van der Waals surface area contributed by atoms with Crippen molar-refractivity contribution in [3.05, 3.63) is 84.1 Å². The molecule has 0 amide bonds. The maximum atomic E-state index is 13.4. The zero-order chi connectivity index (χ0) is 22.5. The van der Waals surface area contributed by atoms with E-state index in [0.717, 1.165) is 60.8 Å². The molecule has 36 heavy (non-hydrogen) atoms. The molecular formula is C26H32Cl3FN6. The number of halogens is 4. The quantitative estimate of drug-likeness (QED) is 0.306. The standard InChI is InChI=1S/C26H29FN6.3ClH/c27-22-9-7-21(8-10-22)19-33-24-5-2-1-4-23(24)30-26(33)18-20-11-15-32(16-12-20)17-14-28-25-6-3-13-29-31-25;;;/h1-10,13,20H,11-12,14-19H2,(H,28,31);3*1H. The van der Waals surface area contributed by atoms with Crippen LogP contribution in [-0.2, 0) is 13.0 Å². The Labute approximate surface area is 229 Å². The lowest BCUT2D eigenvalue weighted by atomic mass is 9.93. The summed E-state index contributed by atoms with van der Waals surface area (Å²) in [5, 5.41) is 11.3. The summed E-state index contributed by atoms with van der Waals surface area (Å²) in [6.45, 7) is 4.79. The number of para-hydroxylation sites is 2. The molecule has 4 aromatic rings. The molecule has 0 bridgehead atoms. The molecule has 2 aromatic heterocycles. The normalized spacial score (nSPS) is 13.9. The first kappa shape index (κ1) is 29.8. The van der Waals surface area contributed by atoms with Crippen LogP contribution >= 0.6 is 37.2 Å². The van der Waals surface area contributed by atoms with Gasteiger partial charge >= 0.3 is 0 Å². The average molecular weight is 554 g/mol. The molecule has 1 saturated heterocycles. The van der Waals surface area contributed by atoms with E-state index >= 15 is 0 Å². The van der Waals surface area contributed by atoms with Gasteiger partial charge in [-0.2, -0.15) is 5.10 Å². The Morgan fingerprint density at radius 2 is 1.67 bits per heavy atom. The summed E-state index contributed by atoms with van der Waals surface area (Å²) in [5.41, 5.74) is 3.26. The molecule has 0 saturated carbocycles. The Kier molecular flexibility index (Phi) is 11.9. The smallest absolute Gasteiger partial charge is 0.148 e. The third-order valence-corrected chi connectivity index (χ3v) is 6.47. The summed E-state index contributed by atoms with van der Waals surface area (Å²) in [5.74, 6) is 2.38. The second kappa shape index (κ2) is 14.3. The average Bonchev–Trinajstić information content (AvgIpc) is 3.19. The first-order chi connectivity index (χ1) is 16.2. The minimum Gasteiger partial charge on any atom is -0.367 e. The third-order valence-electron chi connectivity index (χ3n) is 6.47. The van der Waals surface area contributed by atoms with Crippen molar-refractivity contribution in [2.75, 3.05) is 31.5 Å². The van der Waals surface area contributed by atoms with Gasteiger partial charge in [0.1, 0.15) is 17.5 Å². The molecule has 0 radical (unpaired) electrons. The zero-order valence-electron chi connectivity index (χ0n) is 19.9. The Morgan fingerprint density at radius 3 is 2.39 bits per heavy atom. The SMILES string of the molecule is Cl.Cl.Cl.Fc1ccc(Cn2c(CC3CCN(CCNc4cccnn4)CC3)nc3ccccc32)cc1. The molecule has 1 N–H and O–H groups in total. The van der Waals surface area contributed by atoms with Crippen LogP contribution in [0.4, 0.5) is 10.2 Å². The van der Waals surface area contributed by atoms with E-state index in [2.05, 4.69) is 43.2 Å². The summed E-state index contributed by atoms with van der Waals surface area (Å²) in [6.07, 6.45) is 5.00. The van der Waals surface area contributed by atoms with Gasteiger partial charge < -0.3 is 14.8 Å². The zero-order valence-corrected chi connectivity index (χ0v) is 22.4.